The highest BCUT2D eigenvalue weighted by molar-refractivity contribution is 7.89. The van der Waals surface area contributed by atoms with Crippen molar-refractivity contribution in [2.24, 2.45) is 5.10 Å². The quantitative estimate of drug-likeness (QED) is 0.429. The van der Waals surface area contributed by atoms with Gasteiger partial charge in [0.15, 0.2) is 11.5 Å². The third-order valence-electron chi connectivity index (χ3n) is 3.16. The van der Waals surface area contributed by atoms with Gasteiger partial charge in [0.05, 0.1) is 11.1 Å². The van der Waals surface area contributed by atoms with Crippen LogP contribution in [0.25, 0.3) is 0 Å². The number of hydrogen-bond acceptors (Lipinski definition) is 5. The van der Waals surface area contributed by atoms with Crippen LogP contribution in [-0.4, -0.2) is 24.8 Å². The number of rotatable bonds is 6. The molecule has 23 heavy (non-hydrogen) atoms. The van der Waals surface area contributed by atoms with E-state index in [0.717, 1.165) is 18.4 Å². The summed E-state index contributed by atoms with van der Waals surface area (Å²) in [5.74, 6) is -0.557. The second-order valence-electron chi connectivity index (χ2n) is 5.00. The van der Waals surface area contributed by atoms with Crippen molar-refractivity contribution in [2.45, 2.75) is 24.7 Å². The van der Waals surface area contributed by atoms with Gasteiger partial charge < -0.3 is 10.2 Å². The Morgan fingerprint density at radius 2 is 1.78 bits per heavy atom. The van der Waals surface area contributed by atoms with Gasteiger partial charge in [0, 0.05) is 0 Å². The molecule has 0 aliphatic heterocycles. The van der Waals surface area contributed by atoms with Gasteiger partial charge in [-0.1, -0.05) is 25.5 Å². The Morgan fingerprint density at radius 1 is 1.09 bits per heavy atom. The smallest absolute Gasteiger partial charge is 0.276 e. The molecule has 2 rings (SSSR count). The van der Waals surface area contributed by atoms with Gasteiger partial charge in [-0.3, -0.25) is 0 Å². The number of phenols is 2. The van der Waals surface area contributed by atoms with Crippen molar-refractivity contribution >= 4 is 16.2 Å². The lowest BCUT2D eigenvalue weighted by Gasteiger charge is -2.05. The first-order valence-electron chi connectivity index (χ1n) is 7.08. The fourth-order valence-electron chi connectivity index (χ4n) is 1.97. The van der Waals surface area contributed by atoms with Crippen molar-refractivity contribution in [3.8, 4) is 11.5 Å². The molecule has 0 bridgehead atoms. The lowest BCUT2D eigenvalue weighted by Crippen LogP contribution is -2.18. The summed E-state index contributed by atoms with van der Waals surface area (Å²) in [5, 5.41) is 22.2. The molecule has 0 saturated heterocycles. The third kappa shape index (κ3) is 4.46. The Hall–Kier alpha value is -2.54. The van der Waals surface area contributed by atoms with E-state index in [-0.39, 0.29) is 16.4 Å². The molecule has 0 saturated carbocycles. The van der Waals surface area contributed by atoms with Gasteiger partial charge in [0.25, 0.3) is 10.0 Å². The number of sulfonamides is 1. The number of aryl methyl sites for hydroxylation is 1. The van der Waals surface area contributed by atoms with Crippen LogP contribution in [0.1, 0.15) is 24.5 Å². The Labute approximate surface area is 135 Å². The van der Waals surface area contributed by atoms with Crippen LogP contribution in [0, 0.1) is 0 Å². The number of aromatic hydroxyl groups is 2. The minimum absolute atomic E-state index is 0.128. The molecule has 0 radical (unpaired) electrons. The molecule has 3 N–H and O–H groups in total. The molecular weight excluding hydrogens is 316 g/mol. The van der Waals surface area contributed by atoms with Crippen molar-refractivity contribution < 1.29 is 18.6 Å². The molecule has 6 nitrogen and oxygen atoms in total. The fourth-order valence-corrected chi connectivity index (χ4v) is 2.76. The first kappa shape index (κ1) is 16.8. The number of phenolic OH excluding ortho intramolecular Hbond substituents is 2. The van der Waals surface area contributed by atoms with Gasteiger partial charge in [-0.2, -0.15) is 13.5 Å². The van der Waals surface area contributed by atoms with Crippen molar-refractivity contribution in [1.82, 2.24) is 4.83 Å². The SMILES string of the molecule is CCCc1ccc(S(=O)(=O)N/N=C/c2ccc(O)c(O)c2)cc1. The second kappa shape index (κ2) is 7.15. The number of nitrogens with zero attached hydrogens (tertiary/aromatic N) is 1. The average Bonchev–Trinajstić information content (AvgIpc) is 2.51. The van der Waals surface area contributed by atoms with Crippen LogP contribution < -0.4 is 4.83 Å². The summed E-state index contributed by atoms with van der Waals surface area (Å²) in [4.78, 5) is 2.23. The van der Waals surface area contributed by atoms with Crippen LogP contribution in [0.15, 0.2) is 52.5 Å². The lowest BCUT2D eigenvalue weighted by atomic mass is 10.1. The highest BCUT2D eigenvalue weighted by Gasteiger charge is 2.12. The van der Waals surface area contributed by atoms with Gasteiger partial charge in [0.2, 0.25) is 0 Å². The van der Waals surface area contributed by atoms with Gasteiger partial charge in [-0.25, -0.2) is 4.83 Å². The average molecular weight is 334 g/mol. The van der Waals surface area contributed by atoms with Crippen molar-refractivity contribution in [1.29, 1.82) is 0 Å². The summed E-state index contributed by atoms with van der Waals surface area (Å²) in [6.07, 6.45) is 3.13. The van der Waals surface area contributed by atoms with E-state index in [0.29, 0.717) is 5.56 Å². The van der Waals surface area contributed by atoms with Gasteiger partial charge in [0.1, 0.15) is 0 Å². The first-order chi connectivity index (χ1) is 10.9. The molecule has 0 spiro atoms. The van der Waals surface area contributed by atoms with E-state index >= 15 is 0 Å². The monoisotopic (exact) mass is 334 g/mol. The first-order valence-corrected chi connectivity index (χ1v) is 8.56. The maximum atomic E-state index is 12.1. The summed E-state index contributed by atoms with van der Waals surface area (Å²) in [6.45, 7) is 2.06. The molecule has 7 heteroatoms. The zero-order valence-electron chi connectivity index (χ0n) is 12.6. The summed E-state index contributed by atoms with van der Waals surface area (Å²) in [6, 6.07) is 10.7. The van der Waals surface area contributed by atoms with E-state index in [1.807, 2.05) is 0 Å². The number of benzene rings is 2. The van der Waals surface area contributed by atoms with Crippen LogP contribution in [0.5, 0.6) is 11.5 Å². The number of hydrazone groups is 1. The minimum Gasteiger partial charge on any atom is -0.504 e. The predicted molar refractivity (Wildman–Crippen MR) is 88.1 cm³/mol. The fraction of sp³-hybridized carbons (Fsp3) is 0.188. The zero-order valence-corrected chi connectivity index (χ0v) is 13.4. The molecule has 0 aliphatic rings. The van der Waals surface area contributed by atoms with Crippen LogP contribution in [0.3, 0.4) is 0 Å². The zero-order chi connectivity index (χ0) is 16.9. The highest BCUT2D eigenvalue weighted by atomic mass is 32.2. The van der Waals surface area contributed by atoms with E-state index in [1.54, 1.807) is 12.1 Å². The Bertz CT molecular complexity index is 799. The molecule has 0 aliphatic carbocycles. The molecule has 0 atom stereocenters. The largest absolute Gasteiger partial charge is 0.504 e. The lowest BCUT2D eigenvalue weighted by molar-refractivity contribution is 0.403. The van der Waals surface area contributed by atoms with Gasteiger partial charge in [-0.15, -0.1) is 0 Å². The highest BCUT2D eigenvalue weighted by Crippen LogP contribution is 2.24. The predicted octanol–water partition coefficient (Wildman–Crippen LogP) is 2.36. The standard InChI is InChI=1S/C16H18N2O4S/c1-2-3-12-4-7-14(8-5-12)23(21,22)18-17-11-13-6-9-15(19)16(20)10-13/h4-11,18-20H,2-3H2,1H3/b17-11+. The van der Waals surface area contributed by atoms with E-state index in [1.165, 1.54) is 36.5 Å². The molecule has 0 heterocycles. The topological polar surface area (TPSA) is 99.0 Å². The maximum absolute atomic E-state index is 12.1. The summed E-state index contributed by atoms with van der Waals surface area (Å²) in [7, 11) is -3.74. The van der Waals surface area contributed by atoms with E-state index in [4.69, 9.17) is 0 Å². The van der Waals surface area contributed by atoms with Crippen LogP contribution in [0.4, 0.5) is 0 Å². The van der Waals surface area contributed by atoms with Crippen molar-refractivity contribution in [3.05, 3.63) is 53.6 Å². The van der Waals surface area contributed by atoms with E-state index in [2.05, 4.69) is 16.9 Å². The second-order valence-corrected chi connectivity index (χ2v) is 6.66. The normalized spacial score (nSPS) is 11.7. The maximum Gasteiger partial charge on any atom is 0.276 e. The minimum atomic E-state index is -3.74. The van der Waals surface area contributed by atoms with Crippen LogP contribution >= 0.6 is 0 Å². The summed E-state index contributed by atoms with van der Waals surface area (Å²) >= 11 is 0. The summed E-state index contributed by atoms with van der Waals surface area (Å²) < 4.78 is 24.2. The van der Waals surface area contributed by atoms with Crippen LogP contribution in [-0.2, 0) is 16.4 Å². The molecule has 0 amide bonds. The van der Waals surface area contributed by atoms with E-state index in [9.17, 15) is 18.6 Å². The van der Waals surface area contributed by atoms with Gasteiger partial charge in [-0.05, 0) is 47.9 Å². The molecule has 2 aromatic carbocycles. The Morgan fingerprint density at radius 3 is 2.39 bits per heavy atom. The molecule has 0 aromatic heterocycles. The van der Waals surface area contributed by atoms with E-state index < -0.39 is 10.0 Å². The van der Waals surface area contributed by atoms with Crippen LogP contribution in [0.2, 0.25) is 0 Å². The Kier molecular flexibility index (Phi) is 5.23. The van der Waals surface area contributed by atoms with Gasteiger partial charge >= 0.3 is 0 Å². The molecular formula is C16H18N2O4S. The molecule has 122 valence electrons. The molecule has 0 fully saturated rings. The van der Waals surface area contributed by atoms with Crippen molar-refractivity contribution in [2.75, 3.05) is 0 Å². The third-order valence-corrected chi connectivity index (χ3v) is 4.40. The number of nitrogens with one attached hydrogen (secondary N) is 1. The van der Waals surface area contributed by atoms with Crippen molar-refractivity contribution in [3.63, 3.8) is 0 Å². The molecule has 0 unspecified atom stereocenters. The molecule has 2 aromatic rings. The number of hydrogen-bond donors (Lipinski definition) is 3. The Balaban J connectivity index is 2.08. The summed E-state index contributed by atoms with van der Waals surface area (Å²) in [5.41, 5.74) is 1.52.